The van der Waals surface area contributed by atoms with Gasteiger partial charge in [-0.1, -0.05) is 35.9 Å². The highest BCUT2D eigenvalue weighted by atomic mass is 16.4. The first kappa shape index (κ1) is 17.5. The number of carbonyl (C=O) groups is 1. The topological polar surface area (TPSA) is 40.5 Å². The van der Waals surface area contributed by atoms with Crippen molar-refractivity contribution in [2.75, 3.05) is 18.0 Å². The van der Waals surface area contributed by atoms with Crippen LogP contribution in [0.15, 0.2) is 42.5 Å². The van der Waals surface area contributed by atoms with Crippen molar-refractivity contribution < 1.29 is 9.90 Å². The van der Waals surface area contributed by atoms with Crippen molar-refractivity contribution in [2.24, 2.45) is 0 Å². The molecule has 1 atom stereocenters. The Morgan fingerprint density at radius 2 is 1.72 bits per heavy atom. The van der Waals surface area contributed by atoms with E-state index in [4.69, 9.17) is 0 Å². The fraction of sp³-hybridized carbons (Fsp3) is 0.409. The monoisotopic (exact) mass is 337 g/mol. The summed E-state index contributed by atoms with van der Waals surface area (Å²) in [5, 5.41) is 9.73. The van der Waals surface area contributed by atoms with Gasteiger partial charge < -0.3 is 10.0 Å². The van der Waals surface area contributed by atoms with Gasteiger partial charge in [0.2, 0.25) is 0 Å². The molecule has 1 fully saturated rings. The fourth-order valence-corrected chi connectivity index (χ4v) is 3.78. The molecule has 3 nitrogen and oxygen atoms in total. The van der Waals surface area contributed by atoms with Gasteiger partial charge in [-0.3, -0.25) is 4.79 Å². The minimum atomic E-state index is -0.757. The van der Waals surface area contributed by atoms with E-state index in [1.54, 1.807) is 0 Å². The van der Waals surface area contributed by atoms with E-state index in [0.717, 1.165) is 35.3 Å². The number of benzene rings is 2. The largest absolute Gasteiger partial charge is 0.481 e. The fourth-order valence-electron chi connectivity index (χ4n) is 3.78. The maximum atomic E-state index is 11.8. The molecule has 132 valence electrons. The Kier molecular flexibility index (Phi) is 5.42. The van der Waals surface area contributed by atoms with E-state index in [1.165, 1.54) is 24.9 Å². The van der Waals surface area contributed by atoms with E-state index in [1.807, 2.05) is 26.0 Å². The molecule has 1 unspecified atom stereocenters. The van der Waals surface area contributed by atoms with Gasteiger partial charge in [-0.2, -0.15) is 0 Å². The van der Waals surface area contributed by atoms with Gasteiger partial charge in [0.25, 0.3) is 0 Å². The van der Waals surface area contributed by atoms with Crippen LogP contribution in [0.25, 0.3) is 0 Å². The molecular weight excluding hydrogens is 310 g/mol. The second-order valence-electron chi connectivity index (χ2n) is 7.17. The van der Waals surface area contributed by atoms with Crippen molar-refractivity contribution in [2.45, 2.75) is 45.4 Å². The normalized spacial score (nSPS) is 15.8. The van der Waals surface area contributed by atoms with Crippen molar-refractivity contribution in [1.29, 1.82) is 0 Å². The minimum absolute atomic E-state index is 0.499. The van der Waals surface area contributed by atoms with E-state index in [0.29, 0.717) is 6.42 Å². The number of carboxylic acids is 1. The van der Waals surface area contributed by atoms with Crippen molar-refractivity contribution in [3.8, 4) is 0 Å². The number of rotatable bonds is 5. The first-order valence-corrected chi connectivity index (χ1v) is 9.18. The van der Waals surface area contributed by atoms with E-state index >= 15 is 0 Å². The Balaban J connectivity index is 1.77. The van der Waals surface area contributed by atoms with Crippen molar-refractivity contribution in [3.63, 3.8) is 0 Å². The Hall–Kier alpha value is -2.29. The van der Waals surface area contributed by atoms with Gasteiger partial charge in [0.05, 0.1) is 5.92 Å². The number of hydrogen-bond acceptors (Lipinski definition) is 2. The molecule has 2 aromatic carbocycles. The third kappa shape index (κ3) is 4.22. The summed E-state index contributed by atoms with van der Waals surface area (Å²) in [7, 11) is 0. The molecule has 1 aliphatic heterocycles. The van der Waals surface area contributed by atoms with Crippen molar-refractivity contribution in [3.05, 3.63) is 64.7 Å². The van der Waals surface area contributed by atoms with Crippen LogP contribution >= 0.6 is 0 Å². The van der Waals surface area contributed by atoms with Gasteiger partial charge in [-0.15, -0.1) is 0 Å². The zero-order valence-corrected chi connectivity index (χ0v) is 15.2. The molecule has 0 amide bonds. The molecule has 1 aliphatic rings. The summed E-state index contributed by atoms with van der Waals surface area (Å²) in [5.74, 6) is -1.26. The number of aryl methyl sites for hydroxylation is 2. The molecule has 1 heterocycles. The Morgan fingerprint density at radius 1 is 1.04 bits per heavy atom. The summed E-state index contributed by atoms with van der Waals surface area (Å²) in [6, 6.07) is 14.5. The zero-order chi connectivity index (χ0) is 17.8. The van der Waals surface area contributed by atoms with Gasteiger partial charge in [0, 0.05) is 18.8 Å². The third-order valence-corrected chi connectivity index (χ3v) is 5.20. The van der Waals surface area contributed by atoms with Crippen LogP contribution in [0.4, 0.5) is 5.69 Å². The first-order chi connectivity index (χ1) is 12.0. The lowest BCUT2D eigenvalue weighted by Crippen LogP contribution is -2.29. The molecule has 0 radical (unpaired) electrons. The van der Waals surface area contributed by atoms with Crippen LogP contribution in [0.1, 0.15) is 47.4 Å². The average Bonchev–Trinajstić information content (AvgIpc) is 2.61. The van der Waals surface area contributed by atoms with E-state index < -0.39 is 11.9 Å². The Bertz CT molecular complexity index is 730. The molecule has 2 aromatic rings. The maximum Gasteiger partial charge on any atom is 0.311 e. The maximum absolute atomic E-state index is 11.8. The number of carboxylic acid groups (broad SMARTS) is 1. The summed E-state index contributed by atoms with van der Waals surface area (Å²) in [5.41, 5.74) is 5.46. The quantitative estimate of drug-likeness (QED) is 0.859. The third-order valence-electron chi connectivity index (χ3n) is 5.20. The summed E-state index contributed by atoms with van der Waals surface area (Å²) in [4.78, 5) is 14.3. The van der Waals surface area contributed by atoms with Crippen LogP contribution < -0.4 is 4.90 Å². The highest BCUT2D eigenvalue weighted by molar-refractivity contribution is 5.77. The molecule has 0 aromatic heterocycles. The van der Waals surface area contributed by atoms with Gasteiger partial charge in [0.1, 0.15) is 0 Å². The number of piperidine rings is 1. The second-order valence-corrected chi connectivity index (χ2v) is 7.17. The number of nitrogens with zero attached hydrogens (tertiary/aromatic N) is 1. The lowest BCUT2D eigenvalue weighted by atomic mass is 9.88. The van der Waals surface area contributed by atoms with Gasteiger partial charge >= 0.3 is 5.97 Å². The summed E-state index contributed by atoms with van der Waals surface area (Å²) in [6.07, 6.45) is 4.37. The van der Waals surface area contributed by atoms with Gasteiger partial charge in [-0.25, -0.2) is 0 Å². The summed E-state index contributed by atoms with van der Waals surface area (Å²) in [6.45, 7) is 6.28. The molecule has 3 heteroatoms. The Morgan fingerprint density at radius 3 is 2.32 bits per heavy atom. The van der Waals surface area contributed by atoms with E-state index in [9.17, 15) is 9.90 Å². The SMILES string of the molecule is Cc1ccc(C(Cc2ccc(N3CCCCC3)cc2)C(=O)O)c(C)c1. The highest BCUT2D eigenvalue weighted by Gasteiger charge is 2.22. The van der Waals surface area contributed by atoms with Crippen molar-refractivity contribution >= 4 is 11.7 Å². The van der Waals surface area contributed by atoms with Crippen LogP contribution in [0.5, 0.6) is 0 Å². The van der Waals surface area contributed by atoms with Crippen LogP contribution in [0, 0.1) is 13.8 Å². The first-order valence-electron chi connectivity index (χ1n) is 9.18. The molecular formula is C22H27NO2. The lowest BCUT2D eigenvalue weighted by molar-refractivity contribution is -0.138. The van der Waals surface area contributed by atoms with Gasteiger partial charge in [0.15, 0.2) is 0 Å². The molecule has 0 saturated carbocycles. The van der Waals surface area contributed by atoms with Crippen LogP contribution in [-0.2, 0) is 11.2 Å². The van der Waals surface area contributed by atoms with Crippen LogP contribution in [0.2, 0.25) is 0 Å². The Labute approximate surface area is 150 Å². The molecule has 0 aliphatic carbocycles. The molecule has 3 rings (SSSR count). The predicted octanol–water partition coefficient (Wildman–Crippen LogP) is 4.70. The number of anilines is 1. The van der Waals surface area contributed by atoms with Crippen LogP contribution in [-0.4, -0.2) is 24.2 Å². The molecule has 0 spiro atoms. The summed E-state index contributed by atoms with van der Waals surface area (Å²) < 4.78 is 0. The predicted molar refractivity (Wildman–Crippen MR) is 103 cm³/mol. The molecule has 25 heavy (non-hydrogen) atoms. The highest BCUT2D eigenvalue weighted by Crippen LogP contribution is 2.27. The number of hydrogen-bond donors (Lipinski definition) is 1. The second kappa shape index (κ2) is 7.73. The smallest absolute Gasteiger partial charge is 0.311 e. The zero-order valence-electron chi connectivity index (χ0n) is 15.2. The van der Waals surface area contributed by atoms with E-state index in [-0.39, 0.29) is 0 Å². The minimum Gasteiger partial charge on any atom is -0.481 e. The average molecular weight is 337 g/mol. The standard InChI is InChI=1S/C22H27NO2/c1-16-6-11-20(17(2)14-16)21(22(24)25)15-18-7-9-19(10-8-18)23-12-4-3-5-13-23/h6-11,14,21H,3-5,12-13,15H2,1-2H3,(H,24,25). The van der Waals surface area contributed by atoms with Crippen LogP contribution in [0.3, 0.4) is 0 Å². The molecule has 0 bridgehead atoms. The van der Waals surface area contributed by atoms with Gasteiger partial charge in [-0.05, 0) is 68.4 Å². The molecule has 1 saturated heterocycles. The molecule has 1 N–H and O–H groups in total. The lowest BCUT2D eigenvalue weighted by Gasteiger charge is -2.29. The van der Waals surface area contributed by atoms with Crippen molar-refractivity contribution in [1.82, 2.24) is 0 Å². The van der Waals surface area contributed by atoms with E-state index in [2.05, 4.69) is 35.2 Å². The number of aliphatic carboxylic acids is 1. The summed E-state index contributed by atoms with van der Waals surface area (Å²) >= 11 is 0.